The number of para-hydroxylation sites is 1. The Hall–Kier alpha value is -5.88. The van der Waals surface area contributed by atoms with Gasteiger partial charge in [-0.3, -0.25) is 4.79 Å². The van der Waals surface area contributed by atoms with Crippen LogP contribution in [0.2, 0.25) is 0 Å². The smallest absolute Gasteiger partial charge is 0.355 e. The number of sulfone groups is 1. The molecule has 0 spiro atoms. The molecule has 0 fully saturated rings. The van der Waals surface area contributed by atoms with E-state index in [1.165, 1.54) is 42.5 Å². The van der Waals surface area contributed by atoms with Crippen molar-refractivity contribution in [1.29, 1.82) is 0 Å². The molecular formula is C37H32F2N2O7S. The number of amides is 1. The molecule has 49 heavy (non-hydrogen) atoms. The maximum Gasteiger partial charge on any atom is 0.355 e. The molecule has 4 aromatic rings. The predicted molar refractivity (Wildman–Crippen MR) is 183 cm³/mol. The highest BCUT2D eigenvalue weighted by molar-refractivity contribution is 7.90. The Morgan fingerprint density at radius 3 is 2.02 bits per heavy atom. The molecule has 0 saturated heterocycles. The van der Waals surface area contributed by atoms with E-state index in [-0.39, 0.29) is 27.3 Å². The number of nitrogens with one attached hydrogen (secondary N) is 2. The Balaban J connectivity index is 1.72. The molecule has 0 atom stereocenters. The monoisotopic (exact) mass is 686 g/mol. The molecule has 12 heteroatoms. The summed E-state index contributed by atoms with van der Waals surface area (Å²) in [6.45, 7) is 3.05. The highest BCUT2D eigenvalue weighted by atomic mass is 32.2. The molecular weight excluding hydrogens is 654 g/mol. The van der Waals surface area contributed by atoms with E-state index < -0.39 is 51.5 Å². The van der Waals surface area contributed by atoms with Gasteiger partial charge in [0.05, 0.1) is 10.5 Å². The van der Waals surface area contributed by atoms with E-state index in [0.29, 0.717) is 17.4 Å². The maximum absolute atomic E-state index is 14.2. The lowest BCUT2D eigenvalue weighted by Gasteiger charge is -2.16. The molecule has 0 aliphatic heterocycles. The summed E-state index contributed by atoms with van der Waals surface area (Å²) in [4.78, 5) is 38.6. The number of carbonyl (C=O) groups excluding carboxylic acids is 2. The SMILES string of the molecule is Cc1cc(C)cc(N/C(=C/C=C/C(=O)Nc2ccccc2)C(=O)OC/C(=C(\C(=O)O)c2ccc(F)c(F)c2)c2ccc(S(C)(=O)=O)cc2)c1. The fourth-order valence-corrected chi connectivity index (χ4v) is 5.43. The lowest BCUT2D eigenvalue weighted by Crippen LogP contribution is -2.17. The van der Waals surface area contributed by atoms with Gasteiger partial charge in [0.15, 0.2) is 21.5 Å². The number of ether oxygens (including phenoxy) is 1. The maximum atomic E-state index is 14.2. The Kier molecular flexibility index (Phi) is 11.6. The number of rotatable bonds is 12. The fraction of sp³-hybridized carbons (Fsp3) is 0.108. The predicted octanol–water partition coefficient (Wildman–Crippen LogP) is 6.71. The van der Waals surface area contributed by atoms with Gasteiger partial charge in [-0.1, -0.05) is 48.5 Å². The van der Waals surface area contributed by atoms with Crippen molar-refractivity contribution in [3.05, 3.63) is 149 Å². The summed E-state index contributed by atoms with van der Waals surface area (Å²) >= 11 is 0. The Labute approximate surface area is 282 Å². The Bertz CT molecular complexity index is 2070. The van der Waals surface area contributed by atoms with Gasteiger partial charge in [0.25, 0.3) is 0 Å². The van der Waals surface area contributed by atoms with Crippen LogP contribution in [-0.2, 0) is 29.0 Å². The molecule has 0 aliphatic rings. The molecule has 4 aromatic carbocycles. The molecule has 0 bridgehead atoms. The van der Waals surface area contributed by atoms with Gasteiger partial charge in [-0.2, -0.15) is 0 Å². The number of allylic oxidation sites excluding steroid dienone is 2. The van der Waals surface area contributed by atoms with Crippen LogP contribution in [0.25, 0.3) is 11.1 Å². The van der Waals surface area contributed by atoms with E-state index in [2.05, 4.69) is 10.6 Å². The quantitative estimate of drug-likeness (QED) is 0.0647. The van der Waals surface area contributed by atoms with Crippen molar-refractivity contribution in [3.63, 3.8) is 0 Å². The van der Waals surface area contributed by atoms with Crippen LogP contribution in [0.1, 0.15) is 22.3 Å². The Morgan fingerprint density at radius 2 is 1.43 bits per heavy atom. The zero-order valence-electron chi connectivity index (χ0n) is 26.7. The third kappa shape index (κ3) is 10.1. The second kappa shape index (κ2) is 15.8. The van der Waals surface area contributed by atoms with Gasteiger partial charge in [-0.25, -0.2) is 26.8 Å². The van der Waals surface area contributed by atoms with E-state index in [9.17, 15) is 36.7 Å². The molecule has 0 heterocycles. The van der Waals surface area contributed by atoms with Crippen molar-refractivity contribution in [2.75, 3.05) is 23.5 Å². The van der Waals surface area contributed by atoms with E-state index in [1.807, 2.05) is 19.9 Å². The van der Waals surface area contributed by atoms with Crippen LogP contribution in [0, 0.1) is 25.5 Å². The number of hydrogen-bond acceptors (Lipinski definition) is 7. The third-order valence-corrected chi connectivity index (χ3v) is 8.10. The zero-order chi connectivity index (χ0) is 35.7. The van der Waals surface area contributed by atoms with Crippen molar-refractivity contribution >= 4 is 50.2 Å². The first-order valence-electron chi connectivity index (χ1n) is 14.7. The number of carboxylic acid groups (broad SMARTS) is 1. The van der Waals surface area contributed by atoms with Gasteiger partial charge in [0, 0.05) is 29.3 Å². The number of aryl methyl sites for hydroxylation is 2. The zero-order valence-corrected chi connectivity index (χ0v) is 27.5. The fourth-order valence-electron chi connectivity index (χ4n) is 4.80. The van der Waals surface area contributed by atoms with Gasteiger partial charge in [-0.05, 0) is 90.7 Å². The Morgan fingerprint density at radius 1 is 0.796 bits per heavy atom. The normalized spacial score (nSPS) is 12.3. The van der Waals surface area contributed by atoms with Crippen LogP contribution in [0.5, 0.6) is 0 Å². The molecule has 3 N–H and O–H groups in total. The van der Waals surface area contributed by atoms with Crippen LogP contribution >= 0.6 is 0 Å². The van der Waals surface area contributed by atoms with E-state index >= 15 is 0 Å². The van der Waals surface area contributed by atoms with E-state index in [1.54, 1.807) is 42.5 Å². The third-order valence-electron chi connectivity index (χ3n) is 6.97. The first kappa shape index (κ1) is 36.0. The number of esters is 1. The van der Waals surface area contributed by atoms with Crippen LogP contribution in [0.4, 0.5) is 20.2 Å². The number of carbonyl (C=O) groups is 3. The lowest BCUT2D eigenvalue weighted by atomic mass is 9.95. The second-order valence-corrected chi connectivity index (χ2v) is 13.0. The number of benzene rings is 4. The minimum atomic E-state index is -3.61. The molecule has 0 saturated carbocycles. The first-order chi connectivity index (χ1) is 23.2. The summed E-state index contributed by atoms with van der Waals surface area (Å²) in [6, 6.07) is 21.9. The highest BCUT2D eigenvalue weighted by Gasteiger charge is 2.23. The summed E-state index contributed by atoms with van der Waals surface area (Å²) in [6.07, 6.45) is 4.84. The van der Waals surface area contributed by atoms with Gasteiger partial charge < -0.3 is 20.5 Å². The van der Waals surface area contributed by atoms with Crippen molar-refractivity contribution in [1.82, 2.24) is 0 Å². The van der Waals surface area contributed by atoms with Gasteiger partial charge >= 0.3 is 11.9 Å². The number of aliphatic carboxylic acids is 1. The second-order valence-electron chi connectivity index (χ2n) is 11.0. The van der Waals surface area contributed by atoms with Crippen molar-refractivity contribution < 1.29 is 41.4 Å². The number of anilines is 2. The number of halogens is 2. The van der Waals surface area contributed by atoms with Crippen molar-refractivity contribution in [3.8, 4) is 0 Å². The summed E-state index contributed by atoms with van der Waals surface area (Å²) in [5.74, 6) is -5.46. The molecule has 0 aliphatic carbocycles. The van der Waals surface area contributed by atoms with Crippen LogP contribution in [0.15, 0.2) is 120 Å². The van der Waals surface area contributed by atoms with E-state index in [4.69, 9.17) is 4.74 Å². The van der Waals surface area contributed by atoms with Crippen LogP contribution in [0.3, 0.4) is 0 Å². The summed E-state index contributed by atoms with van der Waals surface area (Å²) in [7, 11) is -3.61. The average molecular weight is 687 g/mol. The molecule has 4 rings (SSSR count). The number of hydrogen-bond donors (Lipinski definition) is 3. The molecule has 0 radical (unpaired) electrons. The van der Waals surface area contributed by atoms with Crippen LogP contribution in [-0.4, -0.2) is 44.2 Å². The molecule has 0 unspecified atom stereocenters. The molecule has 1 amide bonds. The minimum Gasteiger partial charge on any atom is -0.478 e. The lowest BCUT2D eigenvalue weighted by molar-refractivity contribution is -0.137. The topological polar surface area (TPSA) is 139 Å². The van der Waals surface area contributed by atoms with Gasteiger partial charge in [-0.15, -0.1) is 0 Å². The van der Waals surface area contributed by atoms with Gasteiger partial charge in [0.1, 0.15) is 12.3 Å². The van der Waals surface area contributed by atoms with E-state index in [0.717, 1.165) is 29.5 Å². The molecule has 9 nitrogen and oxygen atoms in total. The summed E-state index contributed by atoms with van der Waals surface area (Å²) in [5.41, 5.74) is 2.05. The number of carboxylic acids is 1. The largest absolute Gasteiger partial charge is 0.478 e. The van der Waals surface area contributed by atoms with Gasteiger partial charge in [0.2, 0.25) is 5.91 Å². The average Bonchev–Trinajstić information content (AvgIpc) is 3.03. The standard InChI is InChI=1S/C37H32F2N2O7S/c1-23-18-24(2)20-28(19-23)40-33(10-7-11-34(42)41-27-8-5-4-6-9-27)37(45)48-22-30(25-12-15-29(16-13-25)49(3,46)47)35(36(43)44)26-14-17-31(38)32(39)21-26/h4-21,40H,22H2,1-3H3,(H,41,42)(H,43,44)/b11-7+,33-10+,35-30+. The summed E-state index contributed by atoms with van der Waals surface area (Å²) in [5, 5.41) is 15.9. The molecule has 0 aromatic heterocycles. The summed E-state index contributed by atoms with van der Waals surface area (Å²) < 4.78 is 57.7. The minimum absolute atomic E-state index is 0.0525. The van der Waals surface area contributed by atoms with Crippen molar-refractivity contribution in [2.24, 2.45) is 0 Å². The molecule has 252 valence electrons. The first-order valence-corrected chi connectivity index (χ1v) is 16.6. The highest BCUT2D eigenvalue weighted by Crippen LogP contribution is 2.30. The van der Waals surface area contributed by atoms with Crippen LogP contribution < -0.4 is 10.6 Å². The van der Waals surface area contributed by atoms with Crippen molar-refractivity contribution in [2.45, 2.75) is 18.7 Å².